The Morgan fingerprint density at radius 2 is 2.00 bits per heavy atom. The van der Waals surface area contributed by atoms with Crippen molar-refractivity contribution in [1.82, 2.24) is 14.7 Å². The van der Waals surface area contributed by atoms with Gasteiger partial charge in [-0.3, -0.25) is 19.3 Å². The van der Waals surface area contributed by atoms with Gasteiger partial charge in [0, 0.05) is 36.1 Å². The maximum atomic E-state index is 12.6. The fourth-order valence-electron chi connectivity index (χ4n) is 2.94. The third-order valence-corrected chi connectivity index (χ3v) is 5.57. The number of fused-ring (bicyclic) bond motifs is 1. The standard InChI is InChI=1S/C20H16N4O3S/c1-13-18(19(25)21-11-14-6-3-2-4-7-14)28-20-22-17(12-23(13)20)15-8-5-9-16(10-15)24(26)27/h2-10,12H,11H2,1H3,(H,21,25). The summed E-state index contributed by atoms with van der Waals surface area (Å²) in [5.74, 6) is -0.145. The van der Waals surface area contributed by atoms with E-state index in [4.69, 9.17) is 0 Å². The molecule has 8 heteroatoms. The molecule has 2 heterocycles. The molecular formula is C20H16N4O3S. The highest BCUT2D eigenvalue weighted by molar-refractivity contribution is 7.19. The minimum Gasteiger partial charge on any atom is -0.347 e. The quantitative estimate of drug-likeness (QED) is 0.407. The van der Waals surface area contributed by atoms with Crippen LogP contribution in [0.2, 0.25) is 0 Å². The Hall–Kier alpha value is -3.52. The highest BCUT2D eigenvalue weighted by Gasteiger charge is 2.18. The second-order valence-electron chi connectivity index (χ2n) is 6.27. The monoisotopic (exact) mass is 392 g/mol. The van der Waals surface area contributed by atoms with Gasteiger partial charge < -0.3 is 5.32 Å². The first-order valence-corrected chi connectivity index (χ1v) is 9.40. The molecule has 7 nitrogen and oxygen atoms in total. The zero-order chi connectivity index (χ0) is 19.7. The van der Waals surface area contributed by atoms with Crippen LogP contribution in [0.1, 0.15) is 20.9 Å². The van der Waals surface area contributed by atoms with E-state index < -0.39 is 4.92 Å². The number of aromatic nitrogens is 2. The normalized spacial score (nSPS) is 10.9. The molecule has 2 aromatic heterocycles. The highest BCUT2D eigenvalue weighted by Crippen LogP contribution is 2.28. The summed E-state index contributed by atoms with van der Waals surface area (Å²) < 4.78 is 1.84. The Morgan fingerprint density at radius 3 is 2.71 bits per heavy atom. The number of hydrogen-bond acceptors (Lipinski definition) is 5. The molecule has 4 rings (SSSR count). The van der Waals surface area contributed by atoms with Crippen LogP contribution in [0.3, 0.4) is 0 Å². The number of aryl methyl sites for hydroxylation is 1. The molecule has 4 aromatic rings. The third-order valence-electron chi connectivity index (χ3n) is 4.41. The van der Waals surface area contributed by atoms with Gasteiger partial charge in [-0.15, -0.1) is 0 Å². The van der Waals surface area contributed by atoms with Crippen molar-refractivity contribution in [3.05, 3.63) is 87.0 Å². The number of thiazole rings is 1. The van der Waals surface area contributed by atoms with Crippen molar-refractivity contribution in [2.24, 2.45) is 0 Å². The largest absolute Gasteiger partial charge is 0.347 e. The molecule has 0 aliphatic carbocycles. The number of nitro benzene ring substituents is 1. The maximum Gasteiger partial charge on any atom is 0.270 e. The number of carbonyl (C=O) groups is 1. The van der Waals surface area contributed by atoms with Crippen molar-refractivity contribution in [3.8, 4) is 11.3 Å². The number of nitrogens with one attached hydrogen (secondary N) is 1. The zero-order valence-electron chi connectivity index (χ0n) is 15.0. The topological polar surface area (TPSA) is 89.5 Å². The predicted octanol–water partition coefficient (Wildman–Crippen LogP) is 4.21. The summed E-state index contributed by atoms with van der Waals surface area (Å²) in [6.45, 7) is 2.32. The number of rotatable bonds is 5. The second kappa shape index (κ2) is 7.24. The fraction of sp³-hybridized carbons (Fsp3) is 0.100. The van der Waals surface area contributed by atoms with Crippen LogP contribution in [0.15, 0.2) is 60.8 Å². The first-order valence-electron chi connectivity index (χ1n) is 8.58. The van der Waals surface area contributed by atoms with Crippen LogP contribution >= 0.6 is 11.3 Å². The van der Waals surface area contributed by atoms with E-state index in [2.05, 4.69) is 10.3 Å². The van der Waals surface area contributed by atoms with Crippen LogP contribution in [0.25, 0.3) is 16.2 Å². The minimum atomic E-state index is -0.428. The number of benzene rings is 2. The molecule has 0 radical (unpaired) electrons. The molecule has 0 saturated heterocycles. The molecule has 140 valence electrons. The minimum absolute atomic E-state index is 0.0200. The van der Waals surface area contributed by atoms with Gasteiger partial charge in [0.1, 0.15) is 4.88 Å². The summed E-state index contributed by atoms with van der Waals surface area (Å²) in [5.41, 5.74) is 3.14. The van der Waals surface area contributed by atoms with Crippen molar-refractivity contribution in [2.75, 3.05) is 0 Å². The highest BCUT2D eigenvalue weighted by atomic mass is 32.1. The van der Waals surface area contributed by atoms with Gasteiger partial charge in [0.15, 0.2) is 4.96 Å². The van der Waals surface area contributed by atoms with Crippen molar-refractivity contribution in [1.29, 1.82) is 0 Å². The number of non-ortho nitro benzene ring substituents is 1. The predicted molar refractivity (Wildman–Crippen MR) is 108 cm³/mol. The number of nitro groups is 1. The van der Waals surface area contributed by atoms with Gasteiger partial charge in [-0.1, -0.05) is 53.8 Å². The van der Waals surface area contributed by atoms with E-state index in [1.54, 1.807) is 18.3 Å². The molecule has 0 spiro atoms. The van der Waals surface area contributed by atoms with Gasteiger partial charge >= 0.3 is 0 Å². The first-order chi connectivity index (χ1) is 13.5. The van der Waals surface area contributed by atoms with Crippen molar-refractivity contribution in [2.45, 2.75) is 13.5 Å². The lowest BCUT2D eigenvalue weighted by Gasteiger charge is -2.04. The van der Waals surface area contributed by atoms with Gasteiger partial charge in [0.25, 0.3) is 11.6 Å². The van der Waals surface area contributed by atoms with Crippen LogP contribution in [0.4, 0.5) is 5.69 Å². The fourth-order valence-corrected chi connectivity index (χ4v) is 3.96. The van der Waals surface area contributed by atoms with Crippen molar-refractivity contribution >= 4 is 27.9 Å². The van der Waals surface area contributed by atoms with Gasteiger partial charge in [-0.25, -0.2) is 4.98 Å². The summed E-state index contributed by atoms with van der Waals surface area (Å²) in [5, 5.41) is 13.9. The van der Waals surface area contributed by atoms with E-state index in [-0.39, 0.29) is 11.6 Å². The molecule has 28 heavy (non-hydrogen) atoms. The number of imidazole rings is 1. The average molecular weight is 392 g/mol. The Bertz CT molecular complexity index is 1180. The lowest BCUT2D eigenvalue weighted by atomic mass is 10.1. The molecular weight excluding hydrogens is 376 g/mol. The Morgan fingerprint density at radius 1 is 1.21 bits per heavy atom. The summed E-state index contributed by atoms with van der Waals surface area (Å²) in [4.78, 5) is 28.9. The first kappa shape index (κ1) is 17.9. The zero-order valence-corrected chi connectivity index (χ0v) is 15.8. The van der Waals surface area contributed by atoms with Crippen LogP contribution in [-0.2, 0) is 6.54 Å². The van der Waals surface area contributed by atoms with Gasteiger partial charge in [0.2, 0.25) is 0 Å². The molecule has 0 bridgehead atoms. The van der Waals surface area contributed by atoms with Crippen LogP contribution < -0.4 is 5.32 Å². The molecule has 0 aliphatic heterocycles. The molecule has 1 amide bonds. The number of amides is 1. The Kier molecular flexibility index (Phi) is 4.62. The Labute approximate surface area is 164 Å². The SMILES string of the molecule is Cc1c(C(=O)NCc2ccccc2)sc2nc(-c3cccc([N+](=O)[O-])c3)cn12. The van der Waals surface area contributed by atoms with Gasteiger partial charge in [-0.2, -0.15) is 0 Å². The molecule has 1 N–H and O–H groups in total. The third kappa shape index (κ3) is 3.37. The van der Waals surface area contributed by atoms with E-state index >= 15 is 0 Å². The van der Waals surface area contributed by atoms with E-state index in [9.17, 15) is 14.9 Å². The van der Waals surface area contributed by atoms with E-state index in [0.717, 1.165) is 11.3 Å². The molecule has 2 aromatic carbocycles. The van der Waals surface area contributed by atoms with Crippen molar-refractivity contribution < 1.29 is 9.72 Å². The smallest absolute Gasteiger partial charge is 0.270 e. The lowest BCUT2D eigenvalue weighted by molar-refractivity contribution is -0.384. The number of carbonyl (C=O) groups excluding carboxylic acids is 1. The van der Waals surface area contributed by atoms with Gasteiger partial charge in [-0.05, 0) is 12.5 Å². The van der Waals surface area contributed by atoms with Crippen LogP contribution in [0, 0.1) is 17.0 Å². The Balaban J connectivity index is 1.58. The summed E-state index contributed by atoms with van der Waals surface area (Å²) in [6, 6.07) is 16.1. The van der Waals surface area contributed by atoms with E-state index in [1.165, 1.54) is 23.5 Å². The second-order valence-corrected chi connectivity index (χ2v) is 7.25. The number of hydrogen-bond donors (Lipinski definition) is 1. The van der Waals surface area contributed by atoms with E-state index in [1.807, 2.05) is 41.7 Å². The summed E-state index contributed by atoms with van der Waals surface area (Å²) in [6.07, 6.45) is 1.80. The average Bonchev–Trinajstić information content (AvgIpc) is 3.27. The van der Waals surface area contributed by atoms with Crippen molar-refractivity contribution in [3.63, 3.8) is 0 Å². The van der Waals surface area contributed by atoms with Crippen LogP contribution in [-0.4, -0.2) is 20.2 Å². The number of nitrogens with zero attached hydrogens (tertiary/aromatic N) is 3. The molecule has 0 atom stereocenters. The van der Waals surface area contributed by atoms with Gasteiger partial charge in [0.05, 0.1) is 10.6 Å². The van der Waals surface area contributed by atoms with E-state index in [0.29, 0.717) is 27.6 Å². The molecule has 0 aliphatic rings. The summed E-state index contributed by atoms with van der Waals surface area (Å²) >= 11 is 1.30. The lowest BCUT2D eigenvalue weighted by Crippen LogP contribution is -2.22. The molecule has 0 unspecified atom stereocenters. The molecule has 0 saturated carbocycles. The van der Waals surface area contributed by atoms with Crippen LogP contribution in [0.5, 0.6) is 0 Å². The molecule has 0 fully saturated rings. The maximum absolute atomic E-state index is 12.6. The summed E-state index contributed by atoms with van der Waals surface area (Å²) in [7, 11) is 0.